The number of hydrogen-bond donors (Lipinski definition) is 0. The topological polar surface area (TPSA) is 66.6 Å². The van der Waals surface area contributed by atoms with Crippen LogP contribution in [-0.4, -0.2) is 36.6 Å². The van der Waals surface area contributed by atoms with E-state index in [-0.39, 0.29) is 0 Å². The van der Waals surface area contributed by atoms with E-state index in [1.165, 1.54) is 0 Å². The fraction of sp³-hybridized carbons (Fsp3) is 0.818. The van der Waals surface area contributed by atoms with Gasteiger partial charge in [0.2, 0.25) is 6.29 Å². The highest BCUT2D eigenvalue weighted by atomic mass is 16.7. The van der Waals surface area contributed by atoms with Crippen LogP contribution >= 0.6 is 0 Å². The van der Waals surface area contributed by atoms with E-state index in [1.807, 2.05) is 20.8 Å². The Kier molecular flexibility index (Phi) is 6.76. The van der Waals surface area contributed by atoms with Gasteiger partial charge in [-0.15, -0.1) is 0 Å². The molecule has 0 N–H and O–H groups in total. The van der Waals surface area contributed by atoms with Crippen molar-refractivity contribution in [2.45, 2.75) is 33.5 Å². The molecule has 0 bridgehead atoms. The van der Waals surface area contributed by atoms with Gasteiger partial charge in [-0.05, 0) is 20.8 Å². The second-order valence-corrected chi connectivity index (χ2v) is 3.24. The molecule has 0 atom stereocenters. The van der Waals surface area contributed by atoms with E-state index in [9.17, 15) is 0 Å². The van der Waals surface area contributed by atoms with Gasteiger partial charge in [-0.1, -0.05) is 5.16 Å². The summed E-state index contributed by atoms with van der Waals surface area (Å²) in [6.07, 6.45) is 0.0563. The van der Waals surface area contributed by atoms with Gasteiger partial charge in [-0.25, -0.2) is 0 Å². The molecule has 6 nitrogen and oxygen atoms in total. The average Bonchev–Trinajstić information content (AvgIpc) is 2.78. The zero-order chi connectivity index (χ0) is 12.5. The van der Waals surface area contributed by atoms with Gasteiger partial charge in [0.1, 0.15) is 0 Å². The molecule has 0 aliphatic rings. The van der Waals surface area contributed by atoms with Crippen LogP contribution in [0.3, 0.4) is 0 Å². The zero-order valence-corrected chi connectivity index (χ0v) is 10.6. The lowest BCUT2D eigenvalue weighted by atomic mass is 10.4. The number of ether oxygens (including phenoxy) is 3. The molecule has 0 unspecified atom stereocenters. The molecule has 0 aromatic carbocycles. The SMILES string of the molecule is CCOCCc1noc(C(OCC)OCC)n1. The number of hydrogen-bond acceptors (Lipinski definition) is 6. The molecule has 1 rings (SSSR count). The van der Waals surface area contributed by atoms with Gasteiger partial charge < -0.3 is 18.7 Å². The third-order valence-electron chi connectivity index (χ3n) is 2.00. The maximum absolute atomic E-state index is 5.36. The minimum atomic E-state index is -0.571. The fourth-order valence-corrected chi connectivity index (χ4v) is 1.27. The second-order valence-electron chi connectivity index (χ2n) is 3.24. The standard InChI is InChI=1S/C11H20N2O4/c1-4-14-8-7-9-12-10(17-13-9)11(15-5-2)16-6-3/h11H,4-8H2,1-3H3. The Balaban J connectivity index is 2.51. The van der Waals surface area contributed by atoms with E-state index in [2.05, 4.69) is 10.1 Å². The van der Waals surface area contributed by atoms with E-state index in [0.717, 1.165) is 0 Å². The first-order valence-electron chi connectivity index (χ1n) is 5.95. The van der Waals surface area contributed by atoms with Crippen molar-refractivity contribution in [3.8, 4) is 0 Å². The second kappa shape index (κ2) is 8.16. The van der Waals surface area contributed by atoms with Crippen LogP contribution in [0.15, 0.2) is 4.52 Å². The number of nitrogens with zero attached hydrogens (tertiary/aromatic N) is 2. The molecule has 98 valence electrons. The highest BCUT2D eigenvalue weighted by molar-refractivity contribution is 4.88. The molecule has 0 saturated heterocycles. The normalized spacial score (nSPS) is 11.3. The van der Waals surface area contributed by atoms with Gasteiger partial charge in [0.25, 0.3) is 5.89 Å². The summed E-state index contributed by atoms with van der Waals surface area (Å²) in [6, 6.07) is 0. The molecular weight excluding hydrogens is 224 g/mol. The zero-order valence-electron chi connectivity index (χ0n) is 10.6. The third kappa shape index (κ3) is 4.80. The molecule has 1 aromatic heterocycles. The Morgan fingerprint density at radius 2 is 1.82 bits per heavy atom. The quantitative estimate of drug-likeness (QED) is 0.486. The molecule has 1 aromatic rings. The first-order valence-corrected chi connectivity index (χ1v) is 5.95. The van der Waals surface area contributed by atoms with E-state index in [0.29, 0.717) is 44.6 Å². The Morgan fingerprint density at radius 1 is 1.12 bits per heavy atom. The molecule has 6 heteroatoms. The van der Waals surface area contributed by atoms with Crippen LogP contribution in [0.4, 0.5) is 0 Å². The lowest BCUT2D eigenvalue weighted by Gasteiger charge is -2.11. The van der Waals surface area contributed by atoms with Crippen LogP contribution in [-0.2, 0) is 20.6 Å². The summed E-state index contributed by atoms with van der Waals surface area (Å²) in [4.78, 5) is 4.21. The largest absolute Gasteiger partial charge is 0.381 e. The Hall–Kier alpha value is -0.980. The van der Waals surface area contributed by atoms with Crippen molar-refractivity contribution >= 4 is 0 Å². The summed E-state index contributed by atoms with van der Waals surface area (Å²) in [5, 5.41) is 3.85. The molecule has 0 saturated carbocycles. The van der Waals surface area contributed by atoms with Crippen molar-refractivity contribution in [2.75, 3.05) is 26.4 Å². The van der Waals surface area contributed by atoms with Crippen molar-refractivity contribution in [3.05, 3.63) is 11.7 Å². The van der Waals surface area contributed by atoms with Crippen LogP contribution in [0.25, 0.3) is 0 Å². The summed E-state index contributed by atoms with van der Waals surface area (Å²) in [5.41, 5.74) is 0. The average molecular weight is 244 g/mol. The summed E-state index contributed by atoms with van der Waals surface area (Å²) in [5.74, 6) is 0.970. The van der Waals surface area contributed by atoms with Crippen molar-refractivity contribution in [3.63, 3.8) is 0 Å². The van der Waals surface area contributed by atoms with Crippen LogP contribution in [0.2, 0.25) is 0 Å². The minimum Gasteiger partial charge on any atom is -0.381 e. The smallest absolute Gasteiger partial charge is 0.283 e. The van der Waals surface area contributed by atoms with E-state index in [1.54, 1.807) is 0 Å². The maximum Gasteiger partial charge on any atom is 0.283 e. The van der Waals surface area contributed by atoms with Gasteiger partial charge in [0.15, 0.2) is 5.82 Å². The summed E-state index contributed by atoms with van der Waals surface area (Å²) in [7, 11) is 0. The van der Waals surface area contributed by atoms with Crippen LogP contribution in [0.5, 0.6) is 0 Å². The predicted octanol–water partition coefficient (Wildman–Crippen LogP) is 1.72. The minimum absolute atomic E-state index is 0.361. The number of rotatable bonds is 9. The highest BCUT2D eigenvalue weighted by Crippen LogP contribution is 2.16. The van der Waals surface area contributed by atoms with Crippen molar-refractivity contribution in [1.29, 1.82) is 0 Å². The fourth-order valence-electron chi connectivity index (χ4n) is 1.27. The van der Waals surface area contributed by atoms with Gasteiger partial charge in [0.05, 0.1) is 6.61 Å². The summed E-state index contributed by atoms with van der Waals surface area (Å²) >= 11 is 0. The van der Waals surface area contributed by atoms with E-state index < -0.39 is 6.29 Å². The lowest BCUT2D eigenvalue weighted by molar-refractivity contribution is -0.155. The third-order valence-corrected chi connectivity index (χ3v) is 2.00. The molecular formula is C11H20N2O4. The van der Waals surface area contributed by atoms with E-state index >= 15 is 0 Å². The summed E-state index contributed by atoms with van der Waals surface area (Å²) in [6.45, 7) is 8.05. The molecule has 0 radical (unpaired) electrons. The molecule has 0 aliphatic carbocycles. The van der Waals surface area contributed by atoms with Crippen molar-refractivity contribution < 1.29 is 18.7 Å². The van der Waals surface area contributed by atoms with Gasteiger partial charge in [-0.3, -0.25) is 0 Å². The molecule has 0 aliphatic heterocycles. The molecule has 0 spiro atoms. The van der Waals surface area contributed by atoms with Gasteiger partial charge in [-0.2, -0.15) is 4.98 Å². The van der Waals surface area contributed by atoms with Crippen LogP contribution in [0, 0.1) is 0 Å². The Labute approximate surface area is 101 Å². The monoisotopic (exact) mass is 244 g/mol. The maximum atomic E-state index is 5.36. The van der Waals surface area contributed by atoms with Crippen molar-refractivity contribution in [1.82, 2.24) is 10.1 Å². The number of aromatic nitrogens is 2. The first-order chi connectivity index (χ1) is 8.31. The molecule has 0 amide bonds. The first kappa shape index (κ1) is 14.1. The van der Waals surface area contributed by atoms with Crippen LogP contribution in [0.1, 0.15) is 38.8 Å². The summed E-state index contributed by atoms with van der Waals surface area (Å²) < 4.78 is 21.0. The van der Waals surface area contributed by atoms with E-state index in [4.69, 9.17) is 18.7 Å². The molecule has 0 fully saturated rings. The van der Waals surface area contributed by atoms with Gasteiger partial charge in [0, 0.05) is 26.2 Å². The predicted molar refractivity (Wildman–Crippen MR) is 60.5 cm³/mol. The highest BCUT2D eigenvalue weighted by Gasteiger charge is 2.19. The Morgan fingerprint density at radius 3 is 2.41 bits per heavy atom. The lowest BCUT2D eigenvalue weighted by Crippen LogP contribution is -2.09. The molecule has 17 heavy (non-hydrogen) atoms. The van der Waals surface area contributed by atoms with Gasteiger partial charge >= 0.3 is 0 Å². The molecule has 1 heterocycles. The van der Waals surface area contributed by atoms with Crippen LogP contribution < -0.4 is 0 Å². The van der Waals surface area contributed by atoms with Crippen molar-refractivity contribution in [2.24, 2.45) is 0 Å². The Bertz CT molecular complexity index is 297.